The molecule has 0 bridgehead atoms. The number of rotatable bonds is 12. The summed E-state index contributed by atoms with van der Waals surface area (Å²) in [7, 11) is 0. The van der Waals surface area contributed by atoms with Crippen LogP contribution in [0, 0.1) is 11.8 Å². The minimum absolute atomic E-state index is 0. The molecule has 0 saturated carbocycles. The van der Waals surface area contributed by atoms with Gasteiger partial charge in [-0.25, -0.2) is 24.3 Å². The first-order valence-corrected chi connectivity index (χ1v) is 11.1. The standard InChI is InChI=1S/2C13H21.Ti/c2*1-3-5-8-12(4-2)11-13-9-6-7-10-13;/h2*6-7,9-10,12H,3-5,8,11H2,1-2H3;/q2*-1;+2. The number of hydrogen-bond acceptors (Lipinski definition) is 0. The predicted octanol–water partition coefficient (Wildman–Crippen LogP) is 8.33. The summed E-state index contributed by atoms with van der Waals surface area (Å²) in [5, 5.41) is 0. The molecule has 1 heteroatoms. The Bertz CT molecular complexity index is 446. The first-order valence-electron chi connectivity index (χ1n) is 11.1. The maximum Gasteiger partial charge on any atom is 2.00 e. The van der Waals surface area contributed by atoms with Gasteiger partial charge in [0.25, 0.3) is 0 Å². The molecule has 2 aromatic rings. The van der Waals surface area contributed by atoms with Crippen LogP contribution in [0.3, 0.4) is 0 Å². The topological polar surface area (TPSA) is 0 Å². The van der Waals surface area contributed by atoms with E-state index in [4.69, 9.17) is 0 Å². The average Bonchev–Trinajstić information content (AvgIpc) is 3.36. The van der Waals surface area contributed by atoms with E-state index in [0.717, 1.165) is 11.8 Å². The second kappa shape index (κ2) is 17.5. The van der Waals surface area contributed by atoms with Crippen molar-refractivity contribution in [3.63, 3.8) is 0 Å². The van der Waals surface area contributed by atoms with Gasteiger partial charge in [-0.05, 0) is 11.8 Å². The van der Waals surface area contributed by atoms with Crippen molar-refractivity contribution >= 4 is 0 Å². The summed E-state index contributed by atoms with van der Waals surface area (Å²) in [6, 6.07) is 17.5. The molecule has 0 saturated heterocycles. The molecule has 0 spiro atoms. The van der Waals surface area contributed by atoms with Gasteiger partial charge in [0.05, 0.1) is 0 Å². The van der Waals surface area contributed by atoms with Crippen LogP contribution in [0.25, 0.3) is 0 Å². The van der Waals surface area contributed by atoms with Crippen molar-refractivity contribution in [2.45, 2.75) is 91.9 Å². The maximum absolute atomic E-state index is 2.31. The van der Waals surface area contributed by atoms with Gasteiger partial charge in [0.15, 0.2) is 0 Å². The van der Waals surface area contributed by atoms with E-state index in [-0.39, 0.29) is 21.7 Å². The van der Waals surface area contributed by atoms with Gasteiger partial charge >= 0.3 is 21.7 Å². The molecule has 2 aromatic carbocycles. The van der Waals surface area contributed by atoms with Crippen LogP contribution in [0.5, 0.6) is 0 Å². The van der Waals surface area contributed by atoms with Gasteiger partial charge < -0.3 is 0 Å². The van der Waals surface area contributed by atoms with Crippen molar-refractivity contribution in [1.82, 2.24) is 0 Å². The molecular weight excluding hydrogens is 360 g/mol. The molecular formula is C26H42Ti. The van der Waals surface area contributed by atoms with E-state index in [1.54, 1.807) is 0 Å². The fraction of sp³-hybridized carbons (Fsp3) is 0.615. The van der Waals surface area contributed by atoms with Crippen LogP contribution >= 0.6 is 0 Å². The average molecular weight is 402 g/mol. The second-order valence-corrected chi connectivity index (χ2v) is 7.83. The molecule has 2 unspecified atom stereocenters. The zero-order valence-corrected chi connectivity index (χ0v) is 19.9. The molecule has 0 aromatic heterocycles. The fourth-order valence-corrected chi connectivity index (χ4v) is 3.65. The quantitative estimate of drug-likeness (QED) is 0.247. The molecule has 150 valence electrons. The second-order valence-electron chi connectivity index (χ2n) is 7.83. The van der Waals surface area contributed by atoms with Crippen LogP contribution in [0.15, 0.2) is 48.5 Å². The van der Waals surface area contributed by atoms with Gasteiger partial charge in [0.2, 0.25) is 0 Å². The minimum atomic E-state index is 0. The van der Waals surface area contributed by atoms with Crippen LogP contribution < -0.4 is 0 Å². The predicted molar refractivity (Wildman–Crippen MR) is 118 cm³/mol. The van der Waals surface area contributed by atoms with Gasteiger partial charge in [-0.15, -0.1) is 0 Å². The number of hydrogen-bond donors (Lipinski definition) is 0. The molecule has 0 nitrogen and oxygen atoms in total. The smallest absolute Gasteiger partial charge is 0.213 e. The maximum atomic E-state index is 2.31. The summed E-state index contributed by atoms with van der Waals surface area (Å²) in [6.07, 6.45) is 13.5. The molecule has 2 rings (SSSR count). The van der Waals surface area contributed by atoms with E-state index >= 15 is 0 Å². The van der Waals surface area contributed by atoms with E-state index in [9.17, 15) is 0 Å². The fourth-order valence-electron chi connectivity index (χ4n) is 3.65. The van der Waals surface area contributed by atoms with Crippen molar-refractivity contribution in [2.75, 3.05) is 0 Å². The van der Waals surface area contributed by atoms with Crippen LogP contribution in [0.4, 0.5) is 0 Å². The summed E-state index contributed by atoms with van der Waals surface area (Å²) in [4.78, 5) is 0. The van der Waals surface area contributed by atoms with E-state index in [1.165, 1.54) is 75.3 Å². The first kappa shape index (κ1) is 26.4. The Morgan fingerprint density at radius 3 is 1.19 bits per heavy atom. The Balaban J connectivity index is 0.000000483. The molecule has 0 heterocycles. The SMILES string of the molecule is CCCCC(CC)C[c-]1cccc1.CCCCC(CC)C[c-]1cccc1.[Ti+2]. The Kier molecular flexibility index (Phi) is 17.1. The van der Waals surface area contributed by atoms with Gasteiger partial charge in [0.1, 0.15) is 0 Å². The minimum Gasteiger partial charge on any atom is -0.213 e. The third kappa shape index (κ3) is 12.5. The molecule has 0 N–H and O–H groups in total. The molecule has 0 radical (unpaired) electrons. The molecule has 0 fully saturated rings. The van der Waals surface area contributed by atoms with Crippen molar-refractivity contribution in [3.8, 4) is 0 Å². The Morgan fingerprint density at radius 2 is 0.926 bits per heavy atom. The van der Waals surface area contributed by atoms with Gasteiger partial charge in [-0.1, -0.05) is 91.9 Å². The van der Waals surface area contributed by atoms with Gasteiger partial charge in [-0.3, -0.25) is 0 Å². The summed E-state index contributed by atoms with van der Waals surface area (Å²) in [6.45, 7) is 9.16. The summed E-state index contributed by atoms with van der Waals surface area (Å²) < 4.78 is 0. The third-order valence-electron chi connectivity index (χ3n) is 5.60. The Morgan fingerprint density at radius 1 is 0.593 bits per heavy atom. The third-order valence-corrected chi connectivity index (χ3v) is 5.60. The van der Waals surface area contributed by atoms with Crippen molar-refractivity contribution in [1.29, 1.82) is 0 Å². The normalized spacial score (nSPS) is 12.6. The van der Waals surface area contributed by atoms with Gasteiger partial charge in [-0.2, -0.15) is 35.4 Å². The molecule has 0 amide bonds. The zero-order chi connectivity index (χ0) is 19.0. The van der Waals surface area contributed by atoms with E-state index in [1.807, 2.05) is 0 Å². The van der Waals surface area contributed by atoms with E-state index in [0.29, 0.717) is 0 Å². The molecule has 0 aliphatic rings. The Hall–Kier alpha value is -0.586. The molecule has 27 heavy (non-hydrogen) atoms. The Labute approximate surface area is 184 Å². The monoisotopic (exact) mass is 402 g/mol. The summed E-state index contributed by atoms with van der Waals surface area (Å²) in [5.41, 5.74) is 3.03. The van der Waals surface area contributed by atoms with Crippen molar-refractivity contribution in [3.05, 3.63) is 59.7 Å². The van der Waals surface area contributed by atoms with E-state index in [2.05, 4.69) is 76.2 Å². The summed E-state index contributed by atoms with van der Waals surface area (Å²) >= 11 is 0. The van der Waals surface area contributed by atoms with Crippen molar-refractivity contribution < 1.29 is 21.7 Å². The number of unbranched alkanes of at least 4 members (excludes halogenated alkanes) is 2. The van der Waals surface area contributed by atoms with Crippen molar-refractivity contribution in [2.24, 2.45) is 11.8 Å². The molecule has 0 aliphatic carbocycles. The van der Waals surface area contributed by atoms with E-state index < -0.39 is 0 Å². The zero-order valence-electron chi connectivity index (χ0n) is 18.3. The molecule has 2 atom stereocenters. The largest absolute Gasteiger partial charge is 2.00 e. The first-order chi connectivity index (χ1) is 12.7. The van der Waals surface area contributed by atoms with Crippen LogP contribution in [-0.4, -0.2) is 0 Å². The van der Waals surface area contributed by atoms with Crippen LogP contribution in [0.2, 0.25) is 0 Å². The summed E-state index contributed by atoms with van der Waals surface area (Å²) in [5.74, 6) is 1.81. The molecule has 0 aliphatic heterocycles. The van der Waals surface area contributed by atoms with Crippen LogP contribution in [0.1, 0.15) is 90.2 Å². The van der Waals surface area contributed by atoms with Gasteiger partial charge in [0, 0.05) is 0 Å². The van der Waals surface area contributed by atoms with Crippen LogP contribution in [-0.2, 0) is 34.6 Å².